The van der Waals surface area contributed by atoms with Crippen LogP contribution in [0.4, 0.5) is 13.2 Å². The predicted octanol–water partition coefficient (Wildman–Crippen LogP) is 1.92. The fraction of sp³-hybridized carbons (Fsp3) is 0.700. The number of alkyl halides is 3. The fourth-order valence-corrected chi connectivity index (χ4v) is 1.27. The number of nitrogens with one attached hydrogen (secondary N) is 1. The minimum Gasteiger partial charge on any atom is -0.332 e. The summed E-state index contributed by atoms with van der Waals surface area (Å²) in [5.41, 5.74) is 0. The molecular weight excluding hydrogens is 235 g/mol. The lowest BCUT2D eigenvalue weighted by atomic mass is 10.4. The van der Waals surface area contributed by atoms with E-state index in [0.717, 1.165) is 0 Å². The van der Waals surface area contributed by atoms with Crippen molar-refractivity contribution in [2.24, 2.45) is 0 Å². The van der Waals surface area contributed by atoms with E-state index in [1.165, 1.54) is 0 Å². The molecule has 7 heteroatoms. The molecule has 0 saturated heterocycles. The van der Waals surface area contributed by atoms with E-state index in [4.69, 9.17) is 0 Å². The maximum Gasteiger partial charge on any atom is 0.522 e. The first-order chi connectivity index (χ1) is 7.88. The van der Waals surface area contributed by atoms with Gasteiger partial charge in [-0.3, -0.25) is 4.74 Å². The molecular formula is C10H16F3N3O. The number of imidazole rings is 1. The molecule has 0 bridgehead atoms. The highest BCUT2D eigenvalue weighted by Crippen LogP contribution is 2.15. The van der Waals surface area contributed by atoms with Gasteiger partial charge in [0.15, 0.2) is 0 Å². The average molecular weight is 251 g/mol. The van der Waals surface area contributed by atoms with Gasteiger partial charge in [0.1, 0.15) is 5.82 Å². The number of aromatic nitrogens is 2. The number of hydrogen-bond donors (Lipinski definition) is 1. The highest BCUT2D eigenvalue weighted by molar-refractivity contribution is 4.92. The standard InChI is InChI=1S/C10H16F3N3O/c1-8(2)15-7-9-14-3-4-16(9)5-6-17-10(11,12)13/h3-4,8,15H,5-7H2,1-2H3. The molecule has 0 aromatic carbocycles. The zero-order valence-electron chi connectivity index (χ0n) is 9.79. The van der Waals surface area contributed by atoms with E-state index in [1.54, 1.807) is 17.0 Å². The van der Waals surface area contributed by atoms with Crippen LogP contribution in [0.1, 0.15) is 19.7 Å². The minimum atomic E-state index is -4.57. The van der Waals surface area contributed by atoms with Gasteiger partial charge in [-0.15, -0.1) is 13.2 Å². The molecule has 1 aromatic heterocycles. The van der Waals surface area contributed by atoms with Gasteiger partial charge in [-0.05, 0) is 0 Å². The van der Waals surface area contributed by atoms with Crippen molar-refractivity contribution in [2.75, 3.05) is 6.61 Å². The Bertz CT molecular complexity index is 336. The number of hydrogen-bond acceptors (Lipinski definition) is 3. The van der Waals surface area contributed by atoms with Crippen molar-refractivity contribution in [3.8, 4) is 0 Å². The van der Waals surface area contributed by atoms with Gasteiger partial charge in [0.25, 0.3) is 0 Å². The van der Waals surface area contributed by atoms with Gasteiger partial charge >= 0.3 is 6.36 Å². The molecule has 4 nitrogen and oxygen atoms in total. The third-order valence-electron chi connectivity index (χ3n) is 2.07. The summed E-state index contributed by atoms with van der Waals surface area (Å²) >= 11 is 0. The topological polar surface area (TPSA) is 39.1 Å². The molecule has 0 radical (unpaired) electrons. The largest absolute Gasteiger partial charge is 0.522 e. The Labute approximate surface area is 97.8 Å². The second kappa shape index (κ2) is 6.02. The van der Waals surface area contributed by atoms with Crippen molar-refractivity contribution in [1.82, 2.24) is 14.9 Å². The molecule has 0 fully saturated rings. The Morgan fingerprint density at radius 1 is 1.47 bits per heavy atom. The molecule has 0 unspecified atom stereocenters. The van der Waals surface area contributed by atoms with Crippen LogP contribution in [0, 0.1) is 0 Å². The lowest BCUT2D eigenvalue weighted by Crippen LogP contribution is -2.25. The Morgan fingerprint density at radius 3 is 2.76 bits per heavy atom. The van der Waals surface area contributed by atoms with Gasteiger partial charge < -0.3 is 9.88 Å². The van der Waals surface area contributed by atoms with E-state index >= 15 is 0 Å². The van der Waals surface area contributed by atoms with Crippen LogP contribution in [0.15, 0.2) is 12.4 Å². The van der Waals surface area contributed by atoms with Gasteiger partial charge in [0.2, 0.25) is 0 Å². The maximum atomic E-state index is 11.8. The summed E-state index contributed by atoms with van der Waals surface area (Å²) in [5, 5.41) is 3.15. The molecule has 0 atom stereocenters. The molecule has 0 spiro atoms. The predicted molar refractivity (Wildman–Crippen MR) is 56.2 cm³/mol. The van der Waals surface area contributed by atoms with Gasteiger partial charge in [0, 0.05) is 25.0 Å². The molecule has 0 aliphatic rings. The first kappa shape index (κ1) is 14.0. The third-order valence-corrected chi connectivity index (χ3v) is 2.07. The normalized spacial score (nSPS) is 12.4. The molecule has 0 aliphatic heterocycles. The average Bonchev–Trinajstić information content (AvgIpc) is 2.60. The van der Waals surface area contributed by atoms with Crippen LogP contribution < -0.4 is 5.32 Å². The molecule has 0 saturated carbocycles. The van der Waals surface area contributed by atoms with E-state index < -0.39 is 13.0 Å². The molecule has 17 heavy (non-hydrogen) atoms. The molecule has 98 valence electrons. The third kappa shape index (κ3) is 5.69. The minimum absolute atomic E-state index is 0.134. The first-order valence-corrected chi connectivity index (χ1v) is 5.32. The zero-order valence-corrected chi connectivity index (χ0v) is 9.79. The molecule has 0 aliphatic carbocycles. The van der Waals surface area contributed by atoms with E-state index in [2.05, 4.69) is 15.0 Å². The lowest BCUT2D eigenvalue weighted by Gasteiger charge is -2.11. The summed E-state index contributed by atoms with van der Waals surface area (Å²) in [7, 11) is 0. The number of rotatable bonds is 6. The van der Waals surface area contributed by atoms with Crippen LogP contribution in [0.2, 0.25) is 0 Å². The summed E-state index contributed by atoms with van der Waals surface area (Å²) in [5.74, 6) is 0.699. The Morgan fingerprint density at radius 2 is 2.18 bits per heavy atom. The van der Waals surface area contributed by atoms with Gasteiger partial charge in [-0.25, -0.2) is 4.98 Å². The van der Waals surface area contributed by atoms with Crippen molar-refractivity contribution in [2.45, 2.75) is 39.3 Å². The Hall–Kier alpha value is -1.08. The number of nitrogens with zero attached hydrogens (tertiary/aromatic N) is 2. The van der Waals surface area contributed by atoms with E-state index in [1.807, 2.05) is 13.8 Å². The van der Waals surface area contributed by atoms with E-state index in [-0.39, 0.29) is 6.54 Å². The molecule has 1 aromatic rings. The van der Waals surface area contributed by atoms with Crippen LogP contribution in [0.25, 0.3) is 0 Å². The second-order valence-electron chi connectivity index (χ2n) is 3.87. The van der Waals surface area contributed by atoms with E-state index in [9.17, 15) is 13.2 Å². The summed E-state index contributed by atoms with van der Waals surface area (Å²) < 4.78 is 40.7. The summed E-state index contributed by atoms with van der Waals surface area (Å²) in [6, 6.07) is 0.298. The van der Waals surface area contributed by atoms with Crippen LogP contribution in [0.3, 0.4) is 0 Å². The van der Waals surface area contributed by atoms with Gasteiger partial charge in [0.05, 0.1) is 13.2 Å². The highest BCUT2D eigenvalue weighted by Gasteiger charge is 2.28. The molecule has 0 amide bonds. The molecule has 1 heterocycles. The zero-order chi connectivity index (χ0) is 12.9. The lowest BCUT2D eigenvalue weighted by molar-refractivity contribution is -0.325. The summed E-state index contributed by atoms with van der Waals surface area (Å²) in [4.78, 5) is 4.07. The summed E-state index contributed by atoms with van der Waals surface area (Å²) in [6.45, 7) is 4.22. The fourth-order valence-electron chi connectivity index (χ4n) is 1.27. The van der Waals surface area contributed by atoms with Crippen LogP contribution >= 0.6 is 0 Å². The van der Waals surface area contributed by atoms with Gasteiger partial charge in [-0.1, -0.05) is 13.8 Å². The summed E-state index contributed by atoms with van der Waals surface area (Å²) in [6.07, 6.45) is -1.38. The van der Waals surface area contributed by atoms with E-state index in [0.29, 0.717) is 18.4 Å². The van der Waals surface area contributed by atoms with Crippen LogP contribution in [-0.4, -0.2) is 28.6 Å². The smallest absolute Gasteiger partial charge is 0.332 e. The monoisotopic (exact) mass is 251 g/mol. The van der Waals surface area contributed by atoms with Crippen LogP contribution in [-0.2, 0) is 17.8 Å². The van der Waals surface area contributed by atoms with Crippen molar-refractivity contribution in [3.63, 3.8) is 0 Å². The Balaban J connectivity index is 2.40. The van der Waals surface area contributed by atoms with Crippen molar-refractivity contribution < 1.29 is 17.9 Å². The van der Waals surface area contributed by atoms with Crippen molar-refractivity contribution >= 4 is 0 Å². The van der Waals surface area contributed by atoms with Crippen LogP contribution in [0.5, 0.6) is 0 Å². The number of ether oxygens (including phenoxy) is 1. The second-order valence-corrected chi connectivity index (χ2v) is 3.87. The Kier molecular flexibility index (Phi) is 4.95. The quantitative estimate of drug-likeness (QED) is 0.839. The maximum absolute atomic E-state index is 11.8. The SMILES string of the molecule is CC(C)NCc1nccn1CCOC(F)(F)F. The number of halogens is 3. The first-order valence-electron chi connectivity index (χ1n) is 5.32. The van der Waals surface area contributed by atoms with Crippen molar-refractivity contribution in [3.05, 3.63) is 18.2 Å². The molecule has 1 rings (SSSR count). The van der Waals surface area contributed by atoms with Gasteiger partial charge in [-0.2, -0.15) is 0 Å². The highest BCUT2D eigenvalue weighted by atomic mass is 19.4. The van der Waals surface area contributed by atoms with Crippen molar-refractivity contribution in [1.29, 1.82) is 0 Å². The molecule has 1 N–H and O–H groups in total.